The van der Waals surface area contributed by atoms with Gasteiger partial charge in [0.1, 0.15) is 5.76 Å². The van der Waals surface area contributed by atoms with Gasteiger partial charge in [-0.2, -0.15) is 0 Å². The van der Waals surface area contributed by atoms with Gasteiger partial charge in [-0.1, -0.05) is 35.5 Å². The van der Waals surface area contributed by atoms with E-state index in [1.54, 1.807) is 6.07 Å². The molecule has 1 unspecified atom stereocenters. The third kappa shape index (κ3) is 5.53. The van der Waals surface area contributed by atoms with Crippen molar-refractivity contribution in [1.82, 2.24) is 15.4 Å². The standard InChI is InChI=1S/C24H32N4O3/c1-16-11-20(26-24(30)21-14-22(31-27-21)19-7-8-19)9-10-28(16)23(29)13-18(15-25)12-17-5-3-2-4-6-17/h2-6,14,16,18-20H,7-13,15,25H2,1H3,(H,26,30)/t16-,18?,20+/m1/s1. The van der Waals surface area contributed by atoms with E-state index in [1.807, 2.05) is 30.0 Å². The zero-order valence-electron chi connectivity index (χ0n) is 18.1. The second kappa shape index (κ2) is 9.64. The van der Waals surface area contributed by atoms with Crippen LogP contribution in [0.1, 0.15) is 66.8 Å². The summed E-state index contributed by atoms with van der Waals surface area (Å²) in [6.07, 6.45) is 4.95. The molecule has 0 bridgehead atoms. The molecule has 2 aliphatic rings. The molecule has 31 heavy (non-hydrogen) atoms. The maximum absolute atomic E-state index is 13.0. The Balaban J connectivity index is 1.26. The number of aromatic nitrogens is 1. The van der Waals surface area contributed by atoms with E-state index >= 15 is 0 Å². The summed E-state index contributed by atoms with van der Waals surface area (Å²) in [7, 11) is 0. The molecule has 2 amide bonds. The van der Waals surface area contributed by atoms with E-state index < -0.39 is 0 Å². The SMILES string of the molecule is C[C@@H]1C[C@@H](NC(=O)c2cc(C3CC3)on2)CCN1C(=O)CC(CN)Cc1ccccc1. The molecule has 0 spiro atoms. The van der Waals surface area contributed by atoms with Gasteiger partial charge in [0, 0.05) is 37.0 Å². The van der Waals surface area contributed by atoms with Crippen molar-refractivity contribution in [2.24, 2.45) is 11.7 Å². The van der Waals surface area contributed by atoms with Crippen LogP contribution in [-0.4, -0.2) is 47.0 Å². The van der Waals surface area contributed by atoms with Crippen molar-refractivity contribution in [2.75, 3.05) is 13.1 Å². The first-order valence-corrected chi connectivity index (χ1v) is 11.3. The van der Waals surface area contributed by atoms with Gasteiger partial charge in [0.05, 0.1) is 0 Å². The summed E-state index contributed by atoms with van der Waals surface area (Å²) in [6, 6.07) is 12.0. The Bertz CT molecular complexity index is 893. The number of likely N-dealkylation sites (tertiary alicyclic amines) is 1. The normalized spacial score (nSPS) is 22.2. The zero-order chi connectivity index (χ0) is 21.8. The van der Waals surface area contributed by atoms with Crippen LogP contribution in [0.5, 0.6) is 0 Å². The zero-order valence-corrected chi connectivity index (χ0v) is 18.1. The van der Waals surface area contributed by atoms with Crippen molar-refractivity contribution >= 4 is 11.8 Å². The van der Waals surface area contributed by atoms with Gasteiger partial charge >= 0.3 is 0 Å². The van der Waals surface area contributed by atoms with Crippen molar-refractivity contribution in [3.8, 4) is 0 Å². The molecule has 4 rings (SSSR count). The van der Waals surface area contributed by atoms with E-state index in [0.29, 0.717) is 31.1 Å². The average Bonchev–Trinajstić information content (AvgIpc) is 3.50. The molecule has 1 saturated heterocycles. The number of nitrogens with zero attached hydrogens (tertiary/aromatic N) is 2. The minimum atomic E-state index is -0.196. The van der Waals surface area contributed by atoms with E-state index in [4.69, 9.17) is 10.3 Å². The highest BCUT2D eigenvalue weighted by Gasteiger charge is 2.32. The van der Waals surface area contributed by atoms with Crippen molar-refractivity contribution in [3.05, 3.63) is 53.4 Å². The maximum Gasteiger partial charge on any atom is 0.273 e. The number of nitrogens with one attached hydrogen (secondary N) is 1. The largest absolute Gasteiger partial charge is 0.360 e. The number of carbonyl (C=O) groups is 2. The molecule has 2 fully saturated rings. The first-order chi connectivity index (χ1) is 15.0. The third-order valence-corrected chi connectivity index (χ3v) is 6.44. The third-order valence-electron chi connectivity index (χ3n) is 6.44. The molecule has 1 aliphatic heterocycles. The molecule has 1 saturated carbocycles. The van der Waals surface area contributed by atoms with Crippen molar-refractivity contribution in [1.29, 1.82) is 0 Å². The predicted octanol–water partition coefficient (Wildman–Crippen LogP) is 2.87. The number of piperidine rings is 1. The summed E-state index contributed by atoms with van der Waals surface area (Å²) >= 11 is 0. The number of carbonyl (C=O) groups excluding carboxylic acids is 2. The molecular formula is C24H32N4O3. The molecular weight excluding hydrogens is 392 g/mol. The smallest absolute Gasteiger partial charge is 0.273 e. The van der Waals surface area contributed by atoms with Gasteiger partial charge in [0.25, 0.3) is 5.91 Å². The highest BCUT2D eigenvalue weighted by Crippen LogP contribution is 2.40. The van der Waals surface area contributed by atoms with E-state index in [9.17, 15) is 9.59 Å². The van der Waals surface area contributed by atoms with Gasteiger partial charge in [-0.05, 0) is 57.1 Å². The topological polar surface area (TPSA) is 101 Å². The fourth-order valence-electron chi connectivity index (χ4n) is 4.44. The Morgan fingerprint density at radius 3 is 2.71 bits per heavy atom. The van der Waals surface area contributed by atoms with Gasteiger partial charge in [-0.25, -0.2) is 0 Å². The number of hydrogen-bond donors (Lipinski definition) is 2. The van der Waals surface area contributed by atoms with Gasteiger partial charge < -0.3 is 20.5 Å². The molecule has 166 valence electrons. The van der Waals surface area contributed by atoms with Crippen LogP contribution < -0.4 is 11.1 Å². The number of nitrogens with two attached hydrogens (primary N) is 1. The highest BCUT2D eigenvalue weighted by molar-refractivity contribution is 5.92. The fourth-order valence-corrected chi connectivity index (χ4v) is 4.44. The lowest BCUT2D eigenvalue weighted by molar-refractivity contribution is -0.135. The summed E-state index contributed by atoms with van der Waals surface area (Å²) in [5.41, 5.74) is 7.51. The number of benzene rings is 1. The first-order valence-electron chi connectivity index (χ1n) is 11.3. The van der Waals surface area contributed by atoms with Crippen LogP contribution in [-0.2, 0) is 11.2 Å². The van der Waals surface area contributed by atoms with Crippen LogP contribution in [0.4, 0.5) is 0 Å². The van der Waals surface area contributed by atoms with Crippen LogP contribution in [0.15, 0.2) is 40.9 Å². The van der Waals surface area contributed by atoms with Crippen molar-refractivity contribution in [2.45, 2.75) is 63.5 Å². The molecule has 1 aromatic heterocycles. The quantitative estimate of drug-likeness (QED) is 0.678. The minimum Gasteiger partial charge on any atom is -0.360 e. The Morgan fingerprint density at radius 1 is 1.26 bits per heavy atom. The molecule has 2 aromatic rings. The molecule has 2 heterocycles. The summed E-state index contributed by atoms with van der Waals surface area (Å²) in [6.45, 7) is 3.17. The summed E-state index contributed by atoms with van der Waals surface area (Å²) in [5.74, 6) is 1.33. The van der Waals surface area contributed by atoms with Crippen LogP contribution in [0.3, 0.4) is 0 Å². The molecule has 0 radical (unpaired) electrons. The molecule has 3 atom stereocenters. The Hall–Kier alpha value is -2.67. The fraction of sp³-hybridized carbons (Fsp3) is 0.542. The van der Waals surface area contributed by atoms with Crippen LogP contribution in [0.2, 0.25) is 0 Å². The monoisotopic (exact) mass is 424 g/mol. The lowest BCUT2D eigenvalue weighted by Crippen LogP contribution is -2.51. The number of amides is 2. The molecule has 1 aromatic carbocycles. The van der Waals surface area contributed by atoms with E-state index in [2.05, 4.69) is 22.6 Å². The van der Waals surface area contributed by atoms with E-state index in [1.165, 1.54) is 5.56 Å². The van der Waals surface area contributed by atoms with Gasteiger partial charge in [-0.3, -0.25) is 9.59 Å². The molecule has 7 nitrogen and oxygen atoms in total. The molecule has 1 aliphatic carbocycles. The minimum absolute atomic E-state index is 0.0299. The second-order valence-corrected chi connectivity index (χ2v) is 9.02. The van der Waals surface area contributed by atoms with E-state index in [-0.39, 0.29) is 29.8 Å². The Morgan fingerprint density at radius 2 is 2.03 bits per heavy atom. The highest BCUT2D eigenvalue weighted by atomic mass is 16.5. The molecule has 3 N–H and O–H groups in total. The maximum atomic E-state index is 13.0. The lowest BCUT2D eigenvalue weighted by atomic mass is 9.93. The average molecular weight is 425 g/mol. The predicted molar refractivity (Wildman–Crippen MR) is 117 cm³/mol. The lowest BCUT2D eigenvalue weighted by Gasteiger charge is -2.38. The van der Waals surface area contributed by atoms with Crippen LogP contribution >= 0.6 is 0 Å². The summed E-state index contributed by atoms with van der Waals surface area (Å²) in [4.78, 5) is 27.4. The van der Waals surface area contributed by atoms with Crippen molar-refractivity contribution < 1.29 is 14.1 Å². The summed E-state index contributed by atoms with van der Waals surface area (Å²) in [5, 5.41) is 6.98. The second-order valence-electron chi connectivity index (χ2n) is 9.02. The first kappa shape index (κ1) is 21.6. The Kier molecular flexibility index (Phi) is 6.70. The molecule has 7 heteroatoms. The van der Waals surface area contributed by atoms with Crippen LogP contribution in [0.25, 0.3) is 0 Å². The van der Waals surface area contributed by atoms with Gasteiger partial charge in [0.15, 0.2) is 5.69 Å². The van der Waals surface area contributed by atoms with Crippen molar-refractivity contribution in [3.63, 3.8) is 0 Å². The van der Waals surface area contributed by atoms with Crippen LogP contribution in [0, 0.1) is 5.92 Å². The summed E-state index contributed by atoms with van der Waals surface area (Å²) < 4.78 is 5.28. The number of rotatable bonds is 8. The van der Waals surface area contributed by atoms with Gasteiger partial charge in [0.2, 0.25) is 5.91 Å². The number of hydrogen-bond acceptors (Lipinski definition) is 5. The van der Waals surface area contributed by atoms with Gasteiger partial charge in [-0.15, -0.1) is 0 Å². The Labute approximate surface area is 183 Å². The van der Waals surface area contributed by atoms with E-state index in [0.717, 1.165) is 37.9 Å².